The second-order valence-corrected chi connectivity index (χ2v) is 9.47. The van der Waals surface area contributed by atoms with Crippen LogP contribution < -0.4 is 19.7 Å². The van der Waals surface area contributed by atoms with Crippen molar-refractivity contribution < 1.29 is 14.3 Å². The third kappa shape index (κ3) is 5.69. The molecule has 5 rings (SSSR count). The predicted octanol–water partition coefficient (Wildman–Crippen LogP) is 2.77. The molecule has 4 aromatic rings. The van der Waals surface area contributed by atoms with Crippen LogP contribution in [0.4, 0.5) is 5.82 Å². The third-order valence-electron chi connectivity index (χ3n) is 6.27. The number of hydrogen-bond acceptors (Lipinski definition) is 10. The van der Waals surface area contributed by atoms with Crippen molar-refractivity contribution in [1.29, 1.82) is 0 Å². The molecule has 192 valence electrons. The first-order valence-electron chi connectivity index (χ1n) is 12.0. The number of benzene rings is 1. The fourth-order valence-electron chi connectivity index (χ4n) is 4.34. The van der Waals surface area contributed by atoms with Crippen molar-refractivity contribution in [2.75, 3.05) is 38.8 Å². The minimum Gasteiger partial charge on any atom is -0.493 e. The van der Waals surface area contributed by atoms with E-state index in [-0.39, 0.29) is 11.8 Å². The Hall–Kier alpha value is -4.06. The molecular weight excluding hydrogens is 492 g/mol. The Labute approximate surface area is 218 Å². The van der Waals surface area contributed by atoms with Crippen LogP contribution in [0.15, 0.2) is 48.6 Å². The number of carbonyl (C=O) groups is 1. The molecule has 1 N–H and O–H groups in total. The van der Waals surface area contributed by atoms with Crippen molar-refractivity contribution in [2.45, 2.75) is 19.3 Å². The van der Waals surface area contributed by atoms with Gasteiger partial charge in [-0.15, -0.1) is 11.3 Å². The van der Waals surface area contributed by atoms with Crippen LogP contribution in [0.3, 0.4) is 0 Å². The Balaban J connectivity index is 1.15. The van der Waals surface area contributed by atoms with Gasteiger partial charge in [-0.1, -0.05) is 0 Å². The van der Waals surface area contributed by atoms with Crippen LogP contribution in [0.25, 0.3) is 16.4 Å². The van der Waals surface area contributed by atoms with E-state index in [9.17, 15) is 4.79 Å². The first kappa shape index (κ1) is 24.6. The van der Waals surface area contributed by atoms with Crippen molar-refractivity contribution >= 4 is 23.1 Å². The number of rotatable bonds is 9. The lowest BCUT2D eigenvalue weighted by atomic mass is 9.97. The topological polar surface area (TPSA) is 120 Å². The number of aromatic nitrogens is 6. The van der Waals surface area contributed by atoms with Gasteiger partial charge in [0.05, 0.1) is 25.8 Å². The molecule has 1 aliphatic heterocycles. The van der Waals surface area contributed by atoms with Crippen molar-refractivity contribution in [3.63, 3.8) is 0 Å². The van der Waals surface area contributed by atoms with E-state index >= 15 is 0 Å². The highest BCUT2D eigenvalue weighted by molar-refractivity contribution is 7.13. The molecule has 0 radical (unpaired) electrons. The largest absolute Gasteiger partial charge is 0.493 e. The summed E-state index contributed by atoms with van der Waals surface area (Å²) in [5, 5.41) is 10.2. The first-order valence-corrected chi connectivity index (χ1v) is 12.9. The summed E-state index contributed by atoms with van der Waals surface area (Å²) in [4.78, 5) is 32.5. The number of methoxy groups -OCH3 is 2. The van der Waals surface area contributed by atoms with Crippen LogP contribution in [0.5, 0.6) is 11.5 Å². The quantitative estimate of drug-likeness (QED) is 0.355. The molecule has 11 nitrogen and oxygen atoms in total. The minimum atomic E-state index is -0.101. The zero-order valence-corrected chi connectivity index (χ0v) is 21.5. The lowest BCUT2D eigenvalue weighted by Gasteiger charge is -2.32. The number of anilines is 1. The maximum Gasteiger partial charge on any atom is 0.224 e. The van der Waals surface area contributed by atoms with Gasteiger partial charge in [0.15, 0.2) is 17.3 Å². The molecule has 1 amide bonds. The maximum atomic E-state index is 12.9. The molecule has 1 fully saturated rings. The van der Waals surface area contributed by atoms with E-state index in [1.165, 1.54) is 12.7 Å². The molecule has 0 aliphatic carbocycles. The number of amides is 1. The Morgan fingerprint density at radius 1 is 1.14 bits per heavy atom. The molecule has 1 unspecified atom stereocenters. The zero-order chi connectivity index (χ0) is 25.6. The molecule has 4 heterocycles. The monoisotopic (exact) mass is 520 g/mol. The summed E-state index contributed by atoms with van der Waals surface area (Å²) in [6, 6.07) is 7.63. The number of ether oxygens (including phenoxy) is 2. The highest BCUT2D eigenvalue weighted by Crippen LogP contribution is 2.33. The average molecular weight is 521 g/mol. The summed E-state index contributed by atoms with van der Waals surface area (Å²) in [5.41, 5.74) is 1.92. The molecule has 1 aliphatic rings. The first-order chi connectivity index (χ1) is 18.1. The van der Waals surface area contributed by atoms with E-state index in [0.29, 0.717) is 36.8 Å². The van der Waals surface area contributed by atoms with E-state index in [1.807, 2.05) is 29.6 Å². The number of nitrogens with zero attached hydrogens (tertiary/aromatic N) is 7. The minimum absolute atomic E-state index is 0.0607. The Bertz CT molecular complexity index is 1340. The third-order valence-corrected chi connectivity index (χ3v) is 7.21. The Kier molecular flexibility index (Phi) is 7.54. The summed E-state index contributed by atoms with van der Waals surface area (Å²) in [6.07, 6.45) is 7.01. The van der Waals surface area contributed by atoms with Crippen LogP contribution >= 0.6 is 11.3 Å². The van der Waals surface area contributed by atoms with E-state index in [4.69, 9.17) is 14.5 Å². The van der Waals surface area contributed by atoms with E-state index in [2.05, 4.69) is 30.3 Å². The maximum absolute atomic E-state index is 12.9. The summed E-state index contributed by atoms with van der Waals surface area (Å²) in [7, 11) is 3.23. The number of carbonyl (C=O) groups excluding carboxylic acids is 1. The molecular formula is C25H28N8O3S. The van der Waals surface area contributed by atoms with Crippen molar-refractivity contribution in [1.82, 2.24) is 35.0 Å². The van der Waals surface area contributed by atoms with Crippen molar-refractivity contribution in [2.24, 2.45) is 5.92 Å². The molecule has 1 saturated heterocycles. The molecule has 3 aromatic heterocycles. The van der Waals surface area contributed by atoms with Crippen LogP contribution in [-0.2, 0) is 11.2 Å². The predicted molar refractivity (Wildman–Crippen MR) is 139 cm³/mol. The van der Waals surface area contributed by atoms with E-state index < -0.39 is 0 Å². The van der Waals surface area contributed by atoms with Crippen molar-refractivity contribution in [3.05, 3.63) is 54.3 Å². The van der Waals surface area contributed by atoms with Crippen molar-refractivity contribution in [3.8, 4) is 27.9 Å². The number of piperidine rings is 1. The second-order valence-electron chi connectivity index (χ2n) is 8.61. The number of thiazole rings is 1. The standard InChI is InChI=1S/C25H28N8O3S/c1-35-20-6-5-17(10-21(20)36-2)25-31-19(13-37-25)7-8-27-24(34)18-4-3-9-32(12-18)22-11-23(29-15-28-22)33-16-26-14-30-33/h5-6,10-11,13-16,18H,3-4,7-9,12H2,1-2H3,(H,27,34). The Morgan fingerprint density at radius 2 is 2.00 bits per heavy atom. The summed E-state index contributed by atoms with van der Waals surface area (Å²) in [6.45, 7) is 1.99. The number of nitrogens with one attached hydrogen (secondary N) is 1. The van der Waals surface area contributed by atoms with Crippen LogP contribution in [0, 0.1) is 5.92 Å². The van der Waals surface area contributed by atoms with E-state index in [1.54, 1.807) is 36.6 Å². The highest BCUT2D eigenvalue weighted by atomic mass is 32.1. The van der Waals surface area contributed by atoms with Gasteiger partial charge in [0.25, 0.3) is 0 Å². The van der Waals surface area contributed by atoms with Crippen LogP contribution in [0.2, 0.25) is 0 Å². The molecule has 0 bridgehead atoms. The van der Waals surface area contributed by atoms with Gasteiger partial charge in [-0.3, -0.25) is 4.79 Å². The van der Waals surface area contributed by atoms with Gasteiger partial charge in [-0.25, -0.2) is 24.6 Å². The molecule has 1 atom stereocenters. The SMILES string of the molecule is COc1ccc(-c2nc(CCNC(=O)C3CCCN(c4cc(-n5cncn5)ncn4)C3)cs2)cc1OC. The number of hydrogen-bond donors (Lipinski definition) is 1. The average Bonchev–Trinajstić information content (AvgIpc) is 3.66. The lowest BCUT2D eigenvalue weighted by Crippen LogP contribution is -2.43. The molecule has 37 heavy (non-hydrogen) atoms. The normalized spacial score (nSPS) is 15.4. The fourth-order valence-corrected chi connectivity index (χ4v) is 5.19. The van der Waals surface area contributed by atoms with Gasteiger partial charge in [0, 0.05) is 43.1 Å². The molecule has 12 heteroatoms. The van der Waals surface area contributed by atoms with Gasteiger partial charge >= 0.3 is 0 Å². The fraction of sp³-hybridized carbons (Fsp3) is 0.360. The molecule has 0 spiro atoms. The van der Waals surface area contributed by atoms with Crippen LogP contribution in [-0.4, -0.2) is 69.5 Å². The summed E-state index contributed by atoms with van der Waals surface area (Å²) >= 11 is 1.57. The lowest BCUT2D eigenvalue weighted by molar-refractivity contribution is -0.125. The van der Waals surface area contributed by atoms with Gasteiger partial charge in [-0.2, -0.15) is 5.10 Å². The van der Waals surface area contributed by atoms with E-state index in [0.717, 1.165) is 41.5 Å². The van der Waals surface area contributed by atoms with Gasteiger partial charge in [0.1, 0.15) is 29.8 Å². The highest BCUT2D eigenvalue weighted by Gasteiger charge is 2.26. The second kappa shape index (κ2) is 11.3. The molecule has 0 saturated carbocycles. The zero-order valence-electron chi connectivity index (χ0n) is 20.7. The van der Waals surface area contributed by atoms with Gasteiger partial charge in [-0.05, 0) is 31.0 Å². The van der Waals surface area contributed by atoms with Gasteiger partial charge in [0.2, 0.25) is 5.91 Å². The smallest absolute Gasteiger partial charge is 0.224 e. The van der Waals surface area contributed by atoms with Gasteiger partial charge < -0.3 is 19.7 Å². The summed E-state index contributed by atoms with van der Waals surface area (Å²) < 4.78 is 12.3. The summed E-state index contributed by atoms with van der Waals surface area (Å²) in [5.74, 6) is 2.74. The van der Waals surface area contributed by atoms with Crippen LogP contribution in [0.1, 0.15) is 18.5 Å². The molecule has 1 aromatic carbocycles. The Morgan fingerprint density at radius 3 is 2.81 bits per heavy atom.